The van der Waals surface area contributed by atoms with E-state index in [0.29, 0.717) is 12.5 Å². The molecule has 0 amide bonds. The monoisotopic (exact) mass is 248 g/mol. The average molecular weight is 248 g/mol. The summed E-state index contributed by atoms with van der Waals surface area (Å²) in [5.41, 5.74) is -2.39. The minimum absolute atomic E-state index is 0.613. The van der Waals surface area contributed by atoms with Gasteiger partial charge in [0.1, 0.15) is 0 Å². The zero-order valence-electron chi connectivity index (χ0n) is 8.94. The fraction of sp³-hybridized carbons (Fsp3) is 0.455. The number of rotatable bonds is 2. The van der Waals surface area contributed by atoms with Crippen LogP contribution in [0.2, 0.25) is 0 Å². The SMILES string of the molecule is C[C@@](O)(C1OC(c2ccccc2)O1)C(F)(F)F. The lowest BCUT2D eigenvalue weighted by Crippen LogP contribution is -2.59. The second kappa shape index (κ2) is 3.97. The summed E-state index contributed by atoms with van der Waals surface area (Å²) in [6, 6.07) is 8.55. The highest BCUT2D eigenvalue weighted by atomic mass is 19.4. The van der Waals surface area contributed by atoms with Gasteiger partial charge in [-0.3, -0.25) is 0 Å². The van der Waals surface area contributed by atoms with Gasteiger partial charge in [-0.15, -0.1) is 0 Å². The molecular weight excluding hydrogens is 237 g/mol. The third-order valence-corrected chi connectivity index (χ3v) is 2.60. The van der Waals surface area contributed by atoms with E-state index in [0.717, 1.165) is 0 Å². The number of aliphatic hydroxyl groups is 1. The van der Waals surface area contributed by atoms with Crippen LogP contribution in [0.4, 0.5) is 13.2 Å². The van der Waals surface area contributed by atoms with E-state index >= 15 is 0 Å². The highest BCUT2D eigenvalue weighted by Gasteiger charge is 2.60. The second-order valence-electron chi connectivity index (χ2n) is 3.99. The van der Waals surface area contributed by atoms with Gasteiger partial charge in [-0.1, -0.05) is 30.3 Å². The minimum Gasteiger partial charge on any atom is -0.377 e. The van der Waals surface area contributed by atoms with Crippen LogP contribution in [0.1, 0.15) is 18.8 Å². The molecule has 0 aromatic heterocycles. The maximum Gasteiger partial charge on any atom is 0.421 e. The van der Waals surface area contributed by atoms with Gasteiger partial charge in [-0.25, -0.2) is 0 Å². The van der Waals surface area contributed by atoms with Gasteiger partial charge in [0.2, 0.25) is 11.9 Å². The predicted octanol–water partition coefficient (Wildman–Crippen LogP) is 2.37. The molecule has 0 radical (unpaired) electrons. The van der Waals surface area contributed by atoms with Crippen molar-refractivity contribution in [3.8, 4) is 0 Å². The summed E-state index contributed by atoms with van der Waals surface area (Å²) in [7, 11) is 0. The van der Waals surface area contributed by atoms with E-state index in [1.807, 2.05) is 0 Å². The van der Waals surface area contributed by atoms with Crippen LogP contribution in [-0.4, -0.2) is 23.2 Å². The van der Waals surface area contributed by atoms with Crippen molar-refractivity contribution in [1.82, 2.24) is 0 Å². The minimum atomic E-state index is -4.79. The largest absolute Gasteiger partial charge is 0.421 e. The Morgan fingerprint density at radius 2 is 1.65 bits per heavy atom. The van der Waals surface area contributed by atoms with Crippen LogP contribution in [0.25, 0.3) is 0 Å². The van der Waals surface area contributed by atoms with E-state index < -0.39 is 24.4 Å². The van der Waals surface area contributed by atoms with Gasteiger partial charge in [0, 0.05) is 5.56 Å². The van der Waals surface area contributed by atoms with Crippen LogP contribution in [0, 0.1) is 0 Å². The molecule has 1 aliphatic heterocycles. The summed E-state index contributed by atoms with van der Waals surface area (Å²) in [4.78, 5) is 0. The lowest BCUT2D eigenvalue weighted by atomic mass is 10.0. The number of ether oxygens (including phenoxy) is 2. The second-order valence-corrected chi connectivity index (χ2v) is 3.99. The summed E-state index contributed by atoms with van der Waals surface area (Å²) in [5, 5.41) is 9.26. The molecule has 2 rings (SSSR count). The first-order chi connectivity index (χ1) is 7.82. The zero-order chi connectivity index (χ0) is 12.7. The van der Waals surface area contributed by atoms with Crippen molar-refractivity contribution in [2.24, 2.45) is 0 Å². The number of hydrogen-bond acceptors (Lipinski definition) is 3. The molecule has 1 aromatic rings. The zero-order valence-corrected chi connectivity index (χ0v) is 8.94. The normalized spacial score (nSPS) is 28.3. The molecule has 1 fully saturated rings. The van der Waals surface area contributed by atoms with Gasteiger partial charge in [0.25, 0.3) is 0 Å². The molecule has 1 heterocycles. The fourth-order valence-corrected chi connectivity index (χ4v) is 1.40. The topological polar surface area (TPSA) is 38.7 Å². The Labute approximate surface area is 95.8 Å². The average Bonchev–Trinajstić information content (AvgIpc) is 2.14. The molecule has 1 atom stereocenters. The summed E-state index contributed by atoms with van der Waals surface area (Å²) < 4.78 is 47.1. The van der Waals surface area contributed by atoms with Gasteiger partial charge >= 0.3 is 6.18 Å². The molecule has 0 unspecified atom stereocenters. The van der Waals surface area contributed by atoms with Gasteiger partial charge in [0.15, 0.2) is 6.29 Å². The van der Waals surface area contributed by atoms with Gasteiger partial charge in [-0.2, -0.15) is 13.2 Å². The van der Waals surface area contributed by atoms with Crippen molar-refractivity contribution in [2.75, 3.05) is 0 Å². The van der Waals surface area contributed by atoms with E-state index in [1.54, 1.807) is 30.3 Å². The smallest absolute Gasteiger partial charge is 0.377 e. The third kappa shape index (κ3) is 2.15. The van der Waals surface area contributed by atoms with Crippen molar-refractivity contribution >= 4 is 0 Å². The number of benzene rings is 1. The van der Waals surface area contributed by atoms with E-state index in [4.69, 9.17) is 9.47 Å². The van der Waals surface area contributed by atoms with E-state index in [9.17, 15) is 18.3 Å². The molecule has 6 heteroatoms. The van der Waals surface area contributed by atoms with Crippen molar-refractivity contribution in [1.29, 1.82) is 0 Å². The molecule has 1 N–H and O–H groups in total. The van der Waals surface area contributed by atoms with Crippen LogP contribution in [0.3, 0.4) is 0 Å². The molecule has 1 saturated heterocycles. The first-order valence-corrected chi connectivity index (χ1v) is 4.97. The fourth-order valence-electron chi connectivity index (χ4n) is 1.40. The summed E-state index contributed by atoms with van der Waals surface area (Å²) >= 11 is 0. The maximum absolute atomic E-state index is 12.4. The number of halogens is 3. The van der Waals surface area contributed by atoms with Crippen molar-refractivity contribution in [3.63, 3.8) is 0 Å². The molecule has 0 aliphatic carbocycles. The predicted molar refractivity (Wildman–Crippen MR) is 51.8 cm³/mol. The van der Waals surface area contributed by atoms with Gasteiger partial charge in [0.05, 0.1) is 0 Å². The molecule has 17 heavy (non-hydrogen) atoms. The lowest BCUT2D eigenvalue weighted by molar-refractivity contribution is -0.461. The molecule has 0 spiro atoms. The third-order valence-electron chi connectivity index (χ3n) is 2.60. The van der Waals surface area contributed by atoms with Crippen molar-refractivity contribution in [2.45, 2.75) is 31.3 Å². The Morgan fingerprint density at radius 3 is 2.12 bits per heavy atom. The summed E-state index contributed by atoms with van der Waals surface area (Å²) in [6.07, 6.45) is -7.33. The van der Waals surface area contributed by atoms with E-state index in [2.05, 4.69) is 0 Å². The molecule has 0 bridgehead atoms. The first kappa shape index (κ1) is 12.3. The molecule has 3 nitrogen and oxygen atoms in total. The standard InChI is InChI=1S/C11H11F3O3/c1-10(15,11(12,13)14)9-16-8(17-9)7-5-3-2-4-6-7/h2-6,8-9,15H,1H3/t8?,9?,10-/m1/s1. The summed E-state index contributed by atoms with van der Waals surface area (Å²) in [5.74, 6) is 0. The van der Waals surface area contributed by atoms with Crippen LogP contribution in [0.15, 0.2) is 30.3 Å². The van der Waals surface area contributed by atoms with Crippen LogP contribution < -0.4 is 0 Å². The van der Waals surface area contributed by atoms with Gasteiger partial charge in [-0.05, 0) is 6.92 Å². The van der Waals surface area contributed by atoms with Crippen LogP contribution in [0.5, 0.6) is 0 Å². The van der Waals surface area contributed by atoms with Crippen LogP contribution in [-0.2, 0) is 9.47 Å². The van der Waals surface area contributed by atoms with Crippen molar-refractivity contribution in [3.05, 3.63) is 35.9 Å². The molecular formula is C11H11F3O3. The molecule has 0 saturated carbocycles. The Bertz CT molecular complexity index is 383. The summed E-state index contributed by atoms with van der Waals surface area (Å²) in [6.45, 7) is 0.624. The highest BCUT2D eigenvalue weighted by molar-refractivity contribution is 5.17. The van der Waals surface area contributed by atoms with Crippen molar-refractivity contribution < 1.29 is 27.8 Å². The molecule has 1 aromatic carbocycles. The highest BCUT2D eigenvalue weighted by Crippen LogP contribution is 2.43. The van der Waals surface area contributed by atoms with E-state index in [-0.39, 0.29) is 0 Å². The number of hydrogen-bond donors (Lipinski definition) is 1. The Balaban J connectivity index is 2.00. The maximum atomic E-state index is 12.4. The first-order valence-electron chi connectivity index (χ1n) is 4.97. The van der Waals surface area contributed by atoms with Crippen LogP contribution >= 0.6 is 0 Å². The number of alkyl halides is 3. The Kier molecular flexibility index (Phi) is 2.89. The molecule has 94 valence electrons. The Morgan fingerprint density at radius 1 is 1.12 bits per heavy atom. The Hall–Kier alpha value is -1.11. The lowest BCUT2D eigenvalue weighted by Gasteiger charge is -2.44. The molecule has 1 aliphatic rings. The quantitative estimate of drug-likeness (QED) is 0.873. The van der Waals surface area contributed by atoms with E-state index in [1.165, 1.54) is 0 Å². The van der Waals surface area contributed by atoms with Gasteiger partial charge < -0.3 is 14.6 Å².